The van der Waals surface area contributed by atoms with Gasteiger partial charge in [-0.05, 0) is 19.8 Å². The molecule has 1 aliphatic heterocycles. The Kier molecular flexibility index (Phi) is 13.5. The van der Waals surface area contributed by atoms with Gasteiger partial charge in [0.2, 0.25) is 0 Å². The molecule has 3 N–H and O–H groups in total. The minimum atomic E-state index is -5.02. The van der Waals surface area contributed by atoms with Crippen molar-refractivity contribution in [2.75, 3.05) is 13.2 Å². The highest BCUT2D eigenvalue weighted by molar-refractivity contribution is 7.60. The topological polar surface area (TPSA) is 126 Å². The minimum absolute atomic E-state index is 0.0547. The minimum Gasteiger partial charge on any atom is -0.370 e. The van der Waals surface area contributed by atoms with Crippen molar-refractivity contribution in [3.63, 3.8) is 0 Å². The van der Waals surface area contributed by atoms with Gasteiger partial charge in [0.15, 0.2) is 0 Å². The number of hydrogen-bond donors (Lipinski definition) is 3. The molecular weight excluding hydrogens is 418 g/mol. The third-order valence-electron chi connectivity index (χ3n) is 5.20. The average molecular weight is 458 g/mol. The van der Waals surface area contributed by atoms with E-state index >= 15 is 0 Å². The van der Waals surface area contributed by atoms with E-state index in [0.29, 0.717) is 6.42 Å². The first-order valence-corrected chi connectivity index (χ1v) is 14.0. The van der Waals surface area contributed by atoms with Crippen molar-refractivity contribution in [2.45, 2.75) is 109 Å². The maximum absolute atomic E-state index is 11.2. The SMILES string of the molecule is CC1(CCCCCCCCCCCCCCCCOP(=O)(O)OP(=O)(O)O)CO1. The van der Waals surface area contributed by atoms with Crippen molar-refractivity contribution in [3.8, 4) is 0 Å². The first-order chi connectivity index (χ1) is 13.6. The van der Waals surface area contributed by atoms with Gasteiger partial charge in [0.05, 0.1) is 18.8 Å². The Hall–Kier alpha value is 0.220. The fourth-order valence-electron chi connectivity index (χ4n) is 3.33. The summed E-state index contributed by atoms with van der Waals surface area (Å²) in [6.45, 7) is 3.10. The van der Waals surface area contributed by atoms with E-state index in [0.717, 1.165) is 25.9 Å². The molecule has 0 aromatic rings. The van der Waals surface area contributed by atoms with Crippen LogP contribution >= 0.6 is 15.6 Å². The van der Waals surface area contributed by atoms with Gasteiger partial charge < -0.3 is 19.4 Å². The van der Waals surface area contributed by atoms with Crippen LogP contribution in [0.1, 0.15) is 103 Å². The summed E-state index contributed by atoms with van der Waals surface area (Å²) in [5, 5.41) is 0. The summed E-state index contributed by atoms with van der Waals surface area (Å²) in [6, 6.07) is 0. The molecule has 0 aromatic carbocycles. The number of epoxide rings is 1. The van der Waals surface area contributed by atoms with Crippen LogP contribution in [0.2, 0.25) is 0 Å². The maximum atomic E-state index is 11.2. The first kappa shape index (κ1) is 27.3. The second-order valence-corrected chi connectivity index (χ2v) is 11.1. The highest BCUT2D eigenvalue weighted by Gasteiger charge is 2.37. The summed E-state index contributed by atoms with van der Waals surface area (Å²) in [6.07, 6.45) is 17.8. The molecule has 1 saturated heterocycles. The Morgan fingerprint density at radius 1 is 0.759 bits per heavy atom. The molecular formula is C19H40O8P2. The van der Waals surface area contributed by atoms with Crippen LogP contribution < -0.4 is 0 Å². The number of phosphoric acid groups is 2. The van der Waals surface area contributed by atoms with Crippen LogP contribution in [0.15, 0.2) is 0 Å². The maximum Gasteiger partial charge on any atom is 0.481 e. The highest BCUT2D eigenvalue weighted by Crippen LogP contribution is 2.57. The van der Waals surface area contributed by atoms with E-state index in [9.17, 15) is 9.13 Å². The smallest absolute Gasteiger partial charge is 0.370 e. The van der Waals surface area contributed by atoms with Gasteiger partial charge in [-0.15, -0.1) is 0 Å². The van der Waals surface area contributed by atoms with E-state index < -0.39 is 15.6 Å². The van der Waals surface area contributed by atoms with Crippen LogP contribution in [0.25, 0.3) is 0 Å². The molecule has 0 radical (unpaired) electrons. The van der Waals surface area contributed by atoms with Gasteiger partial charge in [-0.3, -0.25) is 4.52 Å². The molecule has 29 heavy (non-hydrogen) atoms. The fraction of sp³-hybridized carbons (Fsp3) is 1.00. The molecule has 0 spiro atoms. The lowest BCUT2D eigenvalue weighted by Crippen LogP contribution is -2.02. The van der Waals surface area contributed by atoms with Crippen molar-refractivity contribution in [3.05, 3.63) is 0 Å². The highest BCUT2D eigenvalue weighted by atomic mass is 31.3. The van der Waals surface area contributed by atoms with Crippen LogP contribution in [-0.2, 0) is 22.7 Å². The summed E-state index contributed by atoms with van der Waals surface area (Å²) in [7, 11) is -9.70. The zero-order valence-corrected chi connectivity index (χ0v) is 19.6. The van der Waals surface area contributed by atoms with Gasteiger partial charge in [0.1, 0.15) is 0 Å². The standard InChI is InChI=1S/C19H40O8P2/c1-19(18-25-19)16-14-12-10-8-6-4-2-3-5-7-9-11-13-15-17-26-29(23,24)27-28(20,21)22/h2-18H2,1H3,(H,23,24)(H2,20,21,22). The first-order valence-electron chi connectivity index (χ1n) is 11.0. The summed E-state index contributed by atoms with van der Waals surface area (Å²) in [5.74, 6) is 0. The van der Waals surface area contributed by atoms with Crippen molar-refractivity contribution in [1.82, 2.24) is 0 Å². The second-order valence-electron chi connectivity index (χ2n) is 8.31. The Morgan fingerprint density at radius 3 is 1.52 bits per heavy atom. The van der Waals surface area contributed by atoms with Crippen LogP contribution in [0.4, 0.5) is 0 Å². The van der Waals surface area contributed by atoms with Gasteiger partial charge in [-0.25, -0.2) is 9.13 Å². The number of ether oxygens (including phenoxy) is 1. The van der Waals surface area contributed by atoms with E-state index in [-0.39, 0.29) is 12.2 Å². The van der Waals surface area contributed by atoms with Gasteiger partial charge in [0, 0.05) is 0 Å². The molecule has 0 aliphatic carbocycles. The quantitative estimate of drug-likeness (QED) is 0.118. The predicted molar refractivity (Wildman–Crippen MR) is 113 cm³/mol. The summed E-state index contributed by atoms with van der Waals surface area (Å²) >= 11 is 0. The van der Waals surface area contributed by atoms with Crippen LogP contribution in [-0.4, -0.2) is 33.5 Å². The van der Waals surface area contributed by atoms with E-state index in [1.807, 2.05) is 0 Å². The van der Waals surface area contributed by atoms with Gasteiger partial charge in [-0.1, -0.05) is 83.5 Å². The monoisotopic (exact) mass is 458 g/mol. The lowest BCUT2D eigenvalue weighted by atomic mass is 10.0. The van der Waals surface area contributed by atoms with Crippen molar-refractivity contribution in [2.24, 2.45) is 0 Å². The third-order valence-corrected chi connectivity index (χ3v) is 7.39. The zero-order chi connectivity index (χ0) is 21.6. The van der Waals surface area contributed by atoms with E-state index in [2.05, 4.69) is 15.8 Å². The Bertz CT molecular complexity index is 518. The largest absolute Gasteiger partial charge is 0.481 e. The Balaban J connectivity index is 1.74. The molecule has 2 atom stereocenters. The molecule has 0 amide bonds. The fourth-order valence-corrected chi connectivity index (χ4v) is 4.95. The average Bonchev–Trinajstić information content (AvgIpc) is 3.33. The molecule has 8 nitrogen and oxygen atoms in total. The summed E-state index contributed by atoms with van der Waals surface area (Å²) in [5.41, 5.74) is 0.222. The molecule has 0 bridgehead atoms. The third kappa shape index (κ3) is 17.6. The van der Waals surface area contributed by atoms with Crippen molar-refractivity contribution in [1.29, 1.82) is 0 Å². The molecule has 0 saturated carbocycles. The van der Waals surface area contributed by atoms with Crippen LogP contribution in [0, 0.1) is 0 Å². The summed E-state index contributed by atoms with van der Waals surface area (Å²) < 4.78 is 35.4. The van der Waals surface area contributed by atoms with E-state index in [1.54, 1.807) is 0 Å². The molecule has 10 heteroatoms. The molecule has 1 rings (SSSR count). The number of rotatable bonds is 20. The van der Waals surface area contributed by atoms with E-state index in [4.69, 9.17) is 19.4 Å². The molecule has 1 aliphatic rings. The number of hydrogen-bond acceptors (Lipinski definition) is 5. The molecule has 2 unspecified atom stereocenters. The number of phosphoric ester groups is 1. The lowest BCUT2D eigenvalue weighted by molar-refractivity contribution is 0.175. The zero-order valence-electron chi connectivity index (χ0n) is 17.8. The van der Waals surface area contributed by atoms with Crippen molar-refractivity contribution < 1.29 is 37.4 Å². The second kappa shape index (κ2) is 14.3. The number of unbranched alkanes of at least 4 members (excludes halogenated alkanes) is 13. The molecule has 174 valence electrons. The van der Waals surface area contributed by atoms with Gasteiger partial charge in [-0.2, -0.15) is 4.31 Å². The Labute approximate surface area is 175 Å². The van der Waals surface area contributed by atoms with E-state index in [1.165, 1.54) is 70.6 Å². The lowest BCUT2D eigenvalue weighted by Gasteiger charge is -2.12. The molecule has 1 fully saturated rings. The van der Waals surface area contributed by atoms with Crippen LogP contribution in [0.5, 0.6) is 0 Å². The summed E-state index contributed by atoms with van der Waals surface area (Å²) in [4.78, 5) is 26.1. The van der Waals surface area contributed by atoms with Crippen molar-refractivity contribution >= 4 is 15.6 Å². The van der Waals surface area contributed by atoms with Crippen LogP contribution in [0.3, 0.4) is 0 Å². The Morgan fingerprint density at radius 2 is 1.14 bits per heavy atom. The van der Waals surface area contributed by atoms with Gasteiger partial charge in [0.25, 0.3) is 0 Å². The molecule has 1 heterocycles. The predicted octanol–water partition coefficient (Wildman–Crippen LogP) is 5.85. The molecule has 0 aromatic heterocycles. The van der Waals surface area contributed by atoms with Gasteiger partial charge >= 0.3 is 15.6 Å². The normalized spacial score (nSPS) is 21.2.